The van der Waals surface area contributed by atoms with E-state index < -0.39 is 0 Å². The normalized spacial score (nSPS) is 15.0. The number of ether oxygens (including phenoxy) is 1. The maximum atomic E-state index is 12.6. The Morgan fingerprint density at radius 2 is 2.00 bits per heavy atom. The summed E-state index contributed by atoms with van der Waals surface area (Å²) in [5.74, 6) is 1.08. The molecular weight excluding hydrogens is 330 g/mol. The van der Waals surface area contributed by atoms with Crippen LogP contribution in [0.25, 0.3) is 10.8 Å². The molecule has 1 fully saturated rings. The summed E-state index contributed by atoms with van der Waals surface area (Å²) in [6.07, 6.45) is 9.43. The molecule has 6 nitrogen and oxygen atoms in total. The van der Waals surface area contributed by atoms with Crippen LogP contribution in [-0.4, -0.2) is 33.9 Å². The third-order valence-electron chi connectivity index (χ3n) is 4.66. The summed E-state index contributed by atoms with van der Waals surface area (Å²) in [7, 11) is 0. The summed E-state index contributed by atoms with van der Waals surface area (Å²) in [4.78, 5) is 22.9. The van der Waals surface area contributed by atoms with E-state index in [1.807, 2.05) is 29.2 Å². The fourth-order valence-corrected chi connectivity index (χ4v) is 3.27. The van der Waals surface area contributed by atoms with Crippen LogP contribution in [0.15, 0.2) is 47.3 Å². The lowest BCUT2D eigenvalue weighted by Crippen LogP contribution is -2.32. The van der Waals surface area contributed by atoms with Crippen molar-refractivity contribution in [3.05, 3.63) is 54.5 Å². The van der Waals surface area contributed by atoms with E-state index in [4.69, 9.17) is 9.15 Å². The van der Waals surface area contributed by atoms with E-state index in [0.29, 0.717) is 11.6 Å². The molecule has 0 aliphatic carbocycles. The van der Waals surface area contributed by atoms with Crippen LogP contribution in [0.5, 0.6) is 5.75 Å². The summed E-state index contributed by atoms with van der Waals surface area (Å²) in [6, 6.07) is 7.71. The van der Waals surface area contributed by atoms with E-state index in [-0.39, 0.29) is 12.5 Å². The highest BCUT2D eigenvalue weighted by molar-refractivity contribution is 5.92. The smallest absolute Gasteiger partial charge is 0.275 e. The quantitative estimate of drug-likeness (QED) is 0.715. The number of nitrogens with zero attached hydrogens (tertiary/aromatic N) is 3. The molecule has 0 bridgehead atoms. The minimum atomic E-state index is -0.0573. The lowest BCUT2D eigenvalue weighted by Gasteiger charge is -2.18. The van der Waals surface area contributed by atoms with Crippen molar-refractivity contribution in [1.82, 2.24) is 14.9 Å². The van der Waals surface area contributed by atoms with Crippen LogP contribution in [0.4, 0.5) is 0 Å². The highest BCUT2D eigenvalue weighted by atomic mass is 16.5. The molecule has 0 spiro atoms. The van der Waals surface area contributed by atoms with Crippen molar-refractivity contribution in [3.8, 4) is 5.75 Å². The predicted molar refractivity (Wildman–Crippen MR) is 96.9 cm³/mol. The number of amides is 1. The highest BCUT2D eigenvalue weighted by Crippen LogP contribution is 2.25. The van der Waals surface area contributed by atoms with Crippen molar-refractivity contribution < 1.29 is 13.9 Å². The van der Waals surface area contributed by atoms with Crippen LogP contribution >= 0.6 is 0 Å². The van der Waals surface area contributed by atoms with Gasteiger partial charge in [0.1, 0.15) is 12.0 Å². The van der Waals surface area contributed by atoms with Crippen molar-refractivity contribution >= 4 is 16.7 Å². The van der Waals surface area contributed by atoms with Gasteiger partial charge < -0.3 is 14.1 Å². The van der Waals surface area contributed by atoms with Gasteiger partial charge in [-0.2, -0.15) is 0 Å². The first kappa shape index (κ1) is 16.6. The average molecular weight is 351 g/mol. The van der Waals surface area contributed by atoms with Gasteiger partial charge in [-0.15, -0.1) is 0 Å². The zero-order valence-corrected chi connectivity index (χ0v) is 14.6. The lowest BCUT2D eigenvalue weighted by molar-refractivity contribution is 0.0755. The topological polar surface area (TPSA) is 68.5 Å². The van der Waals surface area contributed by atoms with Gasteiger partial charge in [0.05, 0.1) is 0 Å². The zero-order chi connectivity index (χ0) is 17.8. The number of aromatic nitrogens is 2. The molecule has 1 aliphatic heterocycles. The van der Waals surface area contributed by atoms with Crippen molar-refractivity contribution in [3.63, 3.8) is 0 Å². The fourth-order valence-electron chi connectivity index (χ4n) is 3.27. The van der Waals surface area contributed by atoms with E-state index in [1.165, 1.54) is 19.1 Å². The van der Waals surface area contributed by atoms with Gasteiger partial charge in [-0.05, 0) is 25.0 Å². The minimum Gasteiger partial charge on any atom is -0.483 e. The molecule has 0 atom stereocenters. The Bertz CT molecular complexity index is 893. The van der Waals surface area contributed by atoms with E-state index in [9.17, 15) is 4.79 Å². The lowest BCUT2D eigenvalue weighted by atomic mass is 10.1. The van der Waals surface area contributed by atoms with Crippen molar-refractivity contribution in [1.29, 1.82) is 0 Å². The molecule has 1 aliphatic rings. The van der Waals surface area contributed by atoms with Gasteiger partial charge >= 0.3 is 0 Å². The number of likely N-dealkylation sites (tertiary alicyclic amines) is 1. The second-order valence-electron chi connectivity index (χ2n) is 6.47. The first-order chi connectivity index (χ1) is 12.8. The summed E-state index contributed by atoms with van der Waals surface area (Å²) in [5, 5.41) is 1.99. The van der Waals surface area contributed by atoms with Gasteiger partial charge in [-0.1, -0.05) is 25.0 Å². The van der Waals surface area contributed by atoms with Crippen LogP contribution in [0, 0.1) is 0 Å². The van der Waals surface area contributed by atoms with Crippen molar-refractivity contribution in [2.24, 2.45) is 0 Å². The van der Waals surface area contributed by atoms with E-state index in [1.54, 1.807) is 12.4 Å². The number of pyridine rings is 1. The Morgan fingerprint density at radius 3 is 2.85 bits per heavy atom. The molecular formula is C20H21N3O3. The van der Waals surface area contributed by atoms with Crippen molar-refractivity contribution in [2.45, 2.75) is 32.3 Å². The first-order valence-electron chi connectivity index (χ1n) is 9.00. The molecule has 3 aromatic rings. The average Bonchev–Trinajstić information content (AvgIpc) is 2.99. The number of fused-ring (bicyclic) bond motifs is 1. The third kappa shape index (κ3) is 3.54. The molecule has 0 N–H and O–H groups in total. The predicted octanol–water partition coefficient (Wildman–Crippen LogP) is 3.82. The Hall–Kier alpha value is -2.89. The van der Waals surface area contributed by atoms with Crippen LogP contribution in [-0.2, 0) is 6.61 Å². The summed E-state index contributed by atoms with van der Waals surface area (Å²) in [5.41, 5.74) is 0.354. The highest BCUT2D eigenvalue weighted by Gasteiger charge is 2.20. The standard InChI is InChI=1S/C20H21N3O3/c24-20(23-10-3-1-2-4-11-23)17-13-26-19(22-17)14-25-18-7-5-6-15-12-21-9-8-16(15)18/h5-9,12-13H,1-4,10-11,14H2. The number of carbonyl (C=O) groups excluding carboxylic acids is 1. The van der Waals surface area contributed by atoms with Crippen molar-refractivity contribution in [2.75, 3.05) is 13.1 Å². The number of benzene rings is 1. The van der Waals surface area contributed by atoms with E-state index in [0.717, 1.165) is 42.5 Å². The number of rotatable bonds is 4. The monoisotopic (exact) mass is 351 g/mol. The second kappa shape index (κ2) is 7.56. The van der Waals surface area contributed by atoms with Crippen LogP contribution in [0.1, 0.15) is 42.1 Å². The van der Waals surface area contributed by atoms with E-state index >= 15 is 0 Å². The molecule has 3 heterocycles. The molecule has 1 aromatic carbocycles. The molecule has 1 saturated heterocycles. The Morgan fingerprint density at radius 1 is 1.15 bits per heavy atom. The summed E-state index contributed by atoms with van der Waals surface area (Å²) >= 11 is 0. The molecule has 1 amide bonds. The molecule has 134 valence electrons. The first-order valence-corrected chi connectivity index (χ1v) is 9.00. The van der Waals surface area contributed by atoms with E-state index in [2.05, 4.69) is 9.97 Å². The van der Waals surface area contributed by atoms with Gasteiger partial charge in [0, 0.05) is 36.3 Å². The van der Waals surface area contributed by atoms with Gasteiger partial charge in [-0.3, -0.25) is 9.78 Å². The molecule has 26 heavy (non-hydrogen) atoms. The molecule has 0 unspecified atom stereocenters. The fraction of sp³-hybridized carbons (Fsp3) is 0.350. The number of hydrogen-bond acceptors (Lipinski definition) is 5. The summed E-state index contributed by atoms with van der Waals surface area (Å²) in [6.45, 7) is 1.76. The molecule has 0 radical (unpaired) electrons. The summed E-state index contributed by atoms with van der Waals surface area (Å²) < 4.78 is 11.3. The molecule has 6 heteroatoms. The van der Waals surface area contributed by atoms with Crippen LogP contribution < -0.4 is 4.74 Å². The zero-order valence-electron chi connectivity index (χ0n) is 14.6. The third-order valence-corrected chi connectivity index (χ3v) is 4.66. The molecule has 4 rings (SSSR count). The van der Waals surface area contributed by atoms with Crippen LogP contribution in [0.2, 0.25) is 0 Å². The molecule has 0 saturated carbocycles. The number of oxazole rings is 1. The van der Waals surface area contributed by atoms with Gasteiger partial charge in [-0.25, -0.2) is 4.98 Å². The number of hydrogen-bond donors (Lipinski definition) is 0. The maximum absolute atomic E-state index is 12.6. The second-order valence-corrected chi connectivity index (χ2v) is 6.47. The Labute approximate surface area is 151 Å². The van der Waals surface area contributed by atoms with Gasteiger partial charge in [0.15, 0.2) is 12.3 Å². The maximum Gasteiger partial charge on any atom is 0.275 e. The van der Waals surface area contributed by atoms with Crippen LogP contribution in [0.3, 0.4) is 0 Å². The minimum absolute atomic E-state index is 0.0573. The largest absolute Gasteiger partial charge is 0.483 e. The van der Waals surface area contributed by atoms with Gasteiger partial charge in [0.25, 0.3) is 5.91 Å². The van der Waals surface area contributed by atoms with Gasteiger partial charge in [0.2, 0.25) is 5.89 Å². The Balaban J connectivity index is 1.44. The number of carbonyl (C=O) groups is 1. The SMILES string of the molecule is O=C(c1coc(COc2cccc3cnccc23)n1)N1CCCCCC1. The Kier molecular flexibility index (Phi) is 4.82. The molecule has 2 aromatic heterocycles.